The number of rotatable bonds is 3. The van der Waals surface area contributed by atoms with Crippen molar-refractivity contribution in [2.24, 2.45) is 0 Å². The molecule has 0 amide bonds. The fourth-order valence-corrected chi connectivity index (χ4v) is 2.05. The quantitative estimate of drug-likeness (QED) is 0.742. The zero-order valence-electron chi connectivity index (χ0n) is 9.72. The predicted molar refractivity (Wildman–Crippen MR) is 67.9 cm³/mol. The monoisotopic (exact) mass is 226 g/mol. The van der Waals surface area contributed by atoms with E-state index < -0.39 is 0 Å². The number of benzene rings is 1. The van der Waals surface area contributed by atoms with Crippen LogP contribution in [-0.4, -0.2) is 21.1 Å². The highest BCUT2D eigenvalue weighted by Crippen LogP contribution is 2.17. The van der Waals surface area contributed by atoms with Crippen LogP contribution in [0.25, 0.3) is 16.6 Å². The van der Waals surface area contributed by atoms with E-state index in [0.29, 0.717) is 0 Å². The maximum atomic E-state index is 4.23. The molecular formula is C13H14N4. The first-order valence-electron chi connectivity index (χ1n) is 5.82. The molecule has 0 radical (unpaired) electrons. The maximum absolute atomic E-state index is 4.23. The van der Waals surface area contributed by atoms with Crippen LogP contribution < -0.4 is 5.32 Å². The fourth-order valence-electron chi connectivity index (χ4n) is 2.05. The minimum absolute atomic E-state index is 0.742. The third-order valence-electron chi connectivity index (χ3n) is 2.88. The Morgan fingerprint density at radius 2 is 2.00 bits per heavy atom. The third-order valence-corrected chi connectivity index (χ3v) is 2.88. The van der Waals surface area contributed by atoms with Crippen molar-refractivity contribution in [1.29, 1.82) is 0 Å². The molecule has 0 aliphatic carbocycles. The second kappa shape index (κ2) is 4.14. The first kappa shape index (κ1) is 10.2. The Kier molecular flexibility index (Phi) is 2.49. The molecule has 0 unspecified atom stereocenters. The lowest BCUT2D eigenvalue weighted by atomic mass is 10.2. The van der Waals surface area contributed by atoms with Crippen LogP contribution in [-0.2, 0) is 6.54 Å². The van der Waals surface area contributed by atoms with E-state index in [9.17, 15) is 0 Å². The number of nitrogens with zero attached hydrogens (tertiary/aromatic N) is 3. The average Bonchev–Trinajstić information content (AvgIpc) is 2.80. The zero-order valence-corrected chi connectivity index (χ0v) is 9.72. The fraction of sp³-hybridized carbons (Fsp3) is 0.231. The lowest BCUT2D eigenvalue weighted by Gasteiger charge is -2.04. The lowest BCUT2D eigenvalue weighted by Crippen LogP contribution is -2.14. The first-order valence-corrected chi connectivity index (χ1v) is 5.82. The van der Waals surface area contributed by atoms with E-state index >= 15 is 0 Å². The summed E-state index contributed by atoms with van der Waals surface area (Å²) in [5.74, 6) is 0.957. The van der Waals surface area contributed by atoms with Gasteiger partial charge in [-0.3, -0.25) is 4.40 Å². The Balaban J connectivity index is 2.27. The van der Waals surface area contributed by atoms with Gasteiger partial charge >= 0.3 is 0 Å². The van der Waals surface area contributed by atoms with E-state index in [1.54, 1.807) is 0 Å². The smallest absolute Gasteiger partial charge is 0.161 e. The van der Waals surface area contributed by atoms with Crippen molar-refractivity contribution in [2.75, 3.05) is 6.54 Å². The second-order valence-electron chi connectivity index (χ2n) is 3.98. The van der Waals surface area contributed by atoms with E-state index in [2.05, 4.69) is 45.0 Å². The molecule has 0 spiro atoms. The number of fused-ring (bicyclic) bond motifs is 3. The molecule has 2 aromatic heterocycles. The van der Waals surface area contributed by atoms with Gasteiger partial charge in [-0.05, 0) is 30.1 Å². The van der Waals surface area contributed by atoms with Gasteiger partial charge in [0.1, 0.15) is 0 Å². The maximum Gasteiger partial charge on any atom is 0.161 e. The van der Waals surface area contributed by atoms with Crippen LogP contribution in [0.3, 0.4) is 0 Å². The Bertz CT molecular complexity index is 657. The van der Waals surface area contributed by atoms with Crippen molar-refractivity contribution < 1.29 is 0 Å². The first-order chi connectivity index (χ1) is 8.40. The minimum atomic E-state index is 0.742. The predicted octanol–water partition coefficient (Wildman–Crippen LogP) is 1.99. The summed E-state index contributed by atoms with van der Waals surface area (Å²) >= 11 is 0. The highest BCUT2D eigenvalue weighted by molar-refractivity contribution is 5.81. The largest absolute Gasteiger partial charge is 0.310 e. The van der Waals surface area contributed by atoms with Crippen molar-refractivity contribution in [1.82, 2.24) is 19.9 Å². The SMILES string of the molecule is CCNCc1nnc2ccc3ccccc3n12. The molecule has 2 heterocycles. The van der Waals surface area contributed by atoms with Crippen LogP contribution in [0.4, 0.5) is 0 Å². The van der Waals surface area contributed by atoms with Gasteiger partial charge in [0.2, 0.25) is 0 Å². The summed E-state index contributed by atoms with van der Waals surface area (Å²) in [5.41, 5.74) is 2.06. The van der Waals surface area contributed by atoms with E-state index in [0.717, 1.165) is 30.1 Å². The third kappa shape index (κ3) is 1.66. The van der Waals surface area contributed by atoms with Gasteiger partial charge in [-0.25, -0.2) is 0 Å². The number of aromatic nitrogens is 3. The van der Waals surface area contributed by atoms with E-state index in [4.69, 9.17) is 0 Å². The summed E-state index contributed by atoms with van der Waals surface area (Å²) in [6, 6.07) is 12.4. The zero-order chi connectivity index (χ0) is 11.7. The molecule has 0 saturated heterocycles. The molecular weight excluding hydrogens is 212 g/mol. The summed E-state index contributed by atoms with van der Waals surface area (Å²) in [6.45, 7) is 3.76. The molecule has 3 aromatic rings. The molecule has 0 fully saturated rings. The summed E-state index contributed by atoms with van der Waals surface area (Å²) in [6.07, 6.45) is 0. The molecule has 1 N–H and O–H groups in total. The van der Waals surface area contributed by atoms with Crippen molar-refractivity contribution in [3.8, 4) is 0 Å². The van der Waals surface area contributed by atoms with Gasteiger partial charge in [0.25, 0.3) is 0 Å². The number of pyridine rings is 1. The molecule has 0 bridgehead atoms. The van der Waals surface area contributed by atoms with Gasteiger partial charge in [0, 0.05) is 0 Å². The topological polar surface area (TPSA) is 42.2 Å². The Morgan fingerprint density at radius 3 is 2.88 bits per heavy atom. The summed E-state index contributed by atoms with van der Waals surface area (Å²) in [5, 5.41) is 12.9. The van der Waals surface area contributed by atoms with Crippen molar-refractivity contribution >= 4 is 16.6 Å². The lowest BCUT2D eigenvalue weighted by molar-refractivity contribution is 0.686. The molecule has 3 rings (SSSR count). The van der Waals surface area contributed by atoms with Gasteiger partial charge in [0.05, 0.1) is 12.1 Å². The van der Waals surface area contributed by atoms with Gasteiger partial charge < -0.3 is 5.32 Å². The number of nitrogens with one attached hydrogen (secondary N) is 1. The van der Waals surface area contributed by atoms with Crippen LogP contribution in [0.5, 0.6) is 0 Å². The molecule has 4 heteroatoms. The van der Waals surface area contributed by atoms with Gasteiger partial charge in [0.15, 0.2) is 11.5 Å². The highest BCUT2D eigenvalue weighted by atomic mass is 15.3. The summed E-state index contributed by atoms with van der Waals surface area (Å²) in [7, 11) is 0. The molecule has 86 valence electrons. The number of hydrogen-bond acceptors (Lipinski definition) is 3. The average molecular weight is 226 g/mol. The normalized spacial score (nSPS) is 11.4. The molecule has 17 heavy (non-hydrogen) atoms. The summed E-state index contributed by atoms with van der Waals surface area (Å²) < 4.78 is 2.11. The van der Waals surface area contributed by atoms with Crippen LogP contribution in [0.15, 0.2) is 36.4 Å². The Hall–Kier alpha value is -1.94. The van der Waals surface area contributed by atoms with Crippen LogP contribution in [0, 0.1) is 0 Å². The molecule has 0 aliphatic rings. The van der Waals surface area contributed by atoms with Crippen molar-refractivity contribution in [3.05, 3.63) is 42.2 Å². The van der Waals surface area contributed by atoms with Gasteiger partial charge in [-0.15, -0.1) is 10.2 Å². The minimum Gasteiger partial charge on any atom is -0.310 e. The van der Waals surface area contributed by atoms with Crippen molar-refractivity contribution in [2.45, 2.75) is 13.5 Å². The van der Waals surface area contributed by atoms with Crippen LogP contribution in [0.1, 0.15) is 12.7 Å². The number of para-hydroxylation sites is 1. The number of hydrogen-bond donors (Lipinski definition) is 1. The summed E-state index contributed by atoms with van der Waals surface area (Å²) in [4.78, 5) is 0. The Labute approximate surface area is 99.3 Å². The van der Waals surface area contributed by atoms with Crippen molar-refractivity contribution in [3.63, 3.8) is 0 Å². The second-order valence-corrected chi connectivity index (χ2v) is 3.98. The molecule has 0 aliphatic heterocycles. The van der Waals surface area contributed by atoms with Gasteiger partial charge in [-0.1, -0.05) is 25.1 Å². The van der Waals surface area contributed by atoms with E-state index in [1.165, 1.54) is 5.39 Å². The molecule has 1 aromatic carbocycles. The van der Waals surface area contributed by atoms with Crippen LogP contribution in [0.2, 0.25) is 0 Å². The molecule has 4 nitrogen and oxygen atoms in total. The van der Waals surface area contributed by atoms with E-state index in [-0.39, 0.29) is 0 Å². The standard InChI is InChI=1S/C13H14N4/c1-2-14-9-13-16-15-12-8-7-10-5-3-4-6-11(10)17(12)13/h3-8,14H,2,9H2,1H3. The van der Waals surface area contributed by atoms with E-state index in [1.807, 2.05) is 18.2 Å². The molecule has 0 saturated carbocycles. The van der Waals surface area contributed by atoms with Crippen LogP contribution >= 0.6 is 0 Å². The molecule has 0 atom stereocenters. The Morgan fingerprint density at radius 1 is 1.12 bits per heavy atom. The highest BCUT2D eigenvalue weighted by Gasteiger charge is 2.07. The van der Waals surface area contributed by atoms with Gasteiger partial charge in [-0.2, -0.15) is 0 Å².